The van der Waals surface area contributed by atoms with Crippen LogP contribution in [0.15, 0.2) is 84.9 Å². The molecule has 112 valence electrons. The van der Waals surface area contributed by atoms with E-state index in [1.807, 2.05) is 0 Å². The van der Waals surface area contributed by atoms with E-state index < -0.39 is 0 Å². The molecule has 4 aromatic carbocycles. The van der Waals surface area contributed by atoms with Crippen molar-refractivity contribution in [3.8, 4) is 0 Å². The molecule has 0 heteroatoms. The maximum absolute atomic E-state index is 2.42. The Hall–Kier alpha value is -2.86. The molecular formula is C24H16. The Labute approximate surface area is 141 Å². The van der Waals surface area contributed by atoms with Gasteiger partial charge in [0.05, 0.1) is 0 Å². The van der Waals surface area contributed by atoms with Crippen molar-refractivity contribution in [3.63, 3.8) is 0 Å². The zero-order valence-electron chi connectivity index (χ0n) is 13.2. The molecule has 3 aliphatic rings. The SMILES string of the molecule is c1ccc2c(c1)C1c3ccccc3C2c2cc3ccccc3cc21. The second-order valence-electron chi connectivity index (χ2n) is 6.95. The van der Waals surface area contributed by atoms with Crippen molar-refractivity contribution in [1.82, 2.24) is 0 Å². The van der Waals surface area contributed by atoms with Gasteiger partial charge in [0, 0.05) is 11.8 Å². The zero-order chi connectivity index (χ0) is 15.7. The first kappa shape index (κ1) is 12.5. The van der Waals surface area contributed by atoms with E-state index in [1.54, 1.807) is 0 Å². The van der Waals surface area contributed by atoms with Gasteiger partial charge in [0.15, 0.2) is 0 Å². The molecule has 0 spiro atoms. The van der Waals surface area contributed by atoms with E-state index >= 15 is 0 Å². The van der Waals surface area contributed by atoms with Crippen molar-refractivity contribution in [2.75, 3.05) is 0 Å². The molecule has 0 atom stereocenters. The summed E-state index contributed by atoms with van der Waals surface area (Å²) in [6.45, 7) is 0. The first-order valence-corrected chi connectivity index (χ1v) is 8.62. The molecule has 0 amide bonds. The summed E-state index contributed by atoms with van der Waals surface area (Å²) in [5.41, 5.74) is 8.95. The molecule has 4 aromatic rings. The number of fused-ring (bicyclic) bond motifs is 1. The Morgan fingerprint density at radius 1 is 0.375 bits per heavy atom. The van der Waals surface area contributed by atoms with Crippen LogP contribution in [0.2, 0.25) is 0 Å². The summed E-state index contributed by atoms with van der Waals surface area (Å²) < 4.78 is 0. The normalized spacial score (nSPS) is 19.7. The zero-order valence-corrected chi connectivity index (χ0v) is 13.2. The minimum absolute atomic E-state index is 0.377. The van der Waals surface area contributed by atoms with Crippen LogP contribution >= 0.6 is 0 Å². The Bertz CT molecular complexity index is 984. The van der Waals surface area contributed by atoms with Gasteiger partial charge < -0.3 is 0 Å². The van der Waals surface area contributed by atoms with Crippen LogP contribution in [0, 0.1) is 0 Å². The van der Waals surface area contributed by atoms with Gasteiger partial charge in [-0.25, -0.2) is 0 Å². The molecule has 0 aliphatic heterocycles. The second-order valence-corrected chi connectivity index (χ2v) is 6.95. The predicted molar refractivity (Wildman–Crippen MR) is 98.7 cm³/mol. The molecule has 7 rings (SSSR count). The first-order chi connectivity index (χ1) is 11.9. The molecule has 0 saturated heterocycles. The van der Waals surface area contributed by atoms with Crippen molar-refractivity contribution in [2.24, 2.45) is 0 Å². The maximum Gasteiger partial charge on any atom is 0.0349 e. The molecule has 2 bridgehead atoms. The summed E-state index contributed by atoms with van der Waals surface area (Å²) >= 11 is 0. The van der Waals surface area contributed by atoms with Gasteiger partial charge in [0.2, 0.25) is 0 Å². The lowest BCUT2D eigenvalue weighted by Gasteiger charge is -2.42. The van der Waals surface area contributed by atoms with Gasteiger partial charge in [-0.2, -0.15) is 0 Å². The second kappa shape index (κ2) is 4.36. The summed E-state index contributed by atoms with van der Waals surface area (Å²) in [7, 11) is 0. The van der Waals surface area contributed by atoms with Crippen LogP contribution in [0.1, 0.15) is 45.2 Å². The number of benzene rings is 4. The van der Waals surface area contributed by atoms with Crippen LogP contribution in [0.3, 0.4) is 0 Å². The van der Waals surface area contributed by atoms with E-state index in [1.165, 1.54) is 44.2 Å². The van der Waals surface area contributed by atoms with E-state index in [0.29, 0.717) is 11.8 Å². The maximum atomic E-state index is 2.42. The predicted octanol–water partition coefficient (Wildman–Crippen LogP) is 5.83. The van der Waals surface area contributed by atoms with Gasteiger partial charge in [0.25, 0.3) is 0 Å². The molecular weight excluding hydrogens is 288 g/mol. The molecule has 24 heavy (non-hydrogen) atoms. The summed E-state index contributed by atoms with van der Waals surface area (Å²) in [5.74, 6) is 0.754. The minimum Gasteiger partial charge on any atom is -0.0619 e. The lowest BCUT2D eigenvalue weighted by atomic mass is 9.61. The van der Waals surface area contributed by atoms with Crippen LogP contribution < -0.4 is 0 Å². The van der Waals surface area contributed by atoms with Gasteiger partial charge in [-0.05, 0) is 56.3 Å². The highest BCUT2D eigenvalue weighted by molar-refractivity contribution is 5.86. The fraction of sp³-hybridized carbons (Fsp3) is 0.0833. The van der Waals surface area contributed by atoms with Crippen LogP contribution in [-0.4, -0.2) is 0 Å². The van der Waals surface area contributed by atoms with E-state index in [-0.39, 0.29) is 0 Å². The van der Waals surface area contributed by atoms with Crippen LogP contribution in [0.4, 0.5) is 0 Å². The Kier molecular flexibility index (Phi) is 2.28. The van der Waals surface area contributed by atoms with E-state index in [0.717, 1.165) is 0 Å². The highest BCUT2D eigenvalue weighted by Crippen LogP contribution is 2.56. The third-order valence-electron chi connectivity index (χ3n) is 5.81. The van der Waals surface area contributed by atoms with E-state index in [4.69, 9.17) is 0 Å². The number of hydrogen-bond donors (Lipinski definition) is 0. The third-order valence-corrected chi connectivity index (χ3v) is 5.81. The number of hydrogen-bond acceptors (Lipinski definition) is 0. The third kappa shape index (κ3) is 1.44. The molecule has 0 heterocycles. The van der Waals surface area contributed by atoms with Crippen molar-refractivity contribution >= 4 is 10.8 Å². The lowest BCUT2D eigenvalue weighted by molar-refractivity contribution is 0.756. The molecule has 0 fully saturated rings. The highest BCUT2D eigenvalue weighted by atomic mass is 14.4. The van der Waals surface area contributed by atoms with Crippen LogP contribution in [0.25, 0.3) is 10.8 Å². The molecule has 0 N–H and O–H groups in total. The summed E-state index contributed by atoms with van der Waals surface area (Å²) in [5, 5.41) is 2.69. The van der Waals surface area contributed by atoms with Gasteiger partial charge in [-0.1, -0.05) is 72.8 Å². The summed E-state index contributed by atoms with van der Waals surface area (Å²) in [4.78, 5) is 0. The molecule has 0 unspecified atom stereocenters. The van der Waals surface area contributed by atoms with Crippen molar-refractivity contribution in [2.45, 2.75) is 11.8 Å². The fourth-order valence-electron chi connectivity index (χ4n) is 4.85. The topological polar surface area (TPSA) is 0 Å². The Morgan fingerprint density at radius 2 is 0.708 bits per heavy atom. The highest BCUT2D eigenvalue weighted by Gasteiger charge is 2.40. The van der Waals surface area contributed by atoms with Crippen LogP contribution in [-0.2, 0) is 0 Å². The van der Waals surface area contributed by atoms with Crippen molar-refractivity contribution < 1.29 is 0 Å². The first-order valence-electron chi connectivity index (χ1n) is 8.62. The monoisotopic (exact) mass is 304 g/mol. The average molecular weight is 304 g/mol. The minimum atomic E-state index is 0.377. The fourth-order valence-corrected chi connectivity index (χ4v) is 4.85. The summed E-state index contributed by atoms with van der Waals surface area (Å²) in [6, 6.07) is 31.6. The van der Waals surface area contributed by atoms with Gasteiger partial charge in [0.1, 0.15) is 0 Å². The molecule has 0 nitrogen and oxygen atoms in total. The lowest BCUT2D eigenvalue weighted by Crippen LogP contribution is -2.27. The van der Waals surface area contributed by atoms with Crippen molar-refractivity contribution in [3.05, 3.63) is 118 Å². The summed E-state index contributed by atoms with van der Waals surface area (Å²) in [6.07, 6.45) is 0. The Balaban J connectivity index is 1.76. The molecule has 3 aliphatic carbocycles. The number of rotatable bonds is 0. The smallest absolute Gasteiger partial charge is 0.0349 e. The standard InChI is InChI=1S/C24H16/c1-2-8-16-14-22-21(13-15(16)7-1)23-17-9-3-5-11-19(17)24(22)20-12-6-4-10-18(20)23/h1-14,23-24H. The van der Waals surface area contributed by atoms with Gasteiger partial charge in [-0.3, -0.25) is 0 Å². The molecule has 0 aromatic heterocycles. The average Bonchev–Trinajstić information content (AvgIpc) is 2.66. The molecule has 0 saturated carbocycles. The van der Waals surface area contributed by atoms with Gasteiger partial charge >= 0.3 is 0 Å². The van der Waals surface area contributed by atoms with Crippen molar-refractivity contribution in [1.29, 1.82) is 0 Å². The van der Waals surface area contributed by atoms with Crippen LogP contribution in [0.5, 0.6) is 0 Å². The van der Waals surface area contributed by atoms with Gasteiger partial charge in [-0.15, -0.1) is 0 Å². The van der Waals surface area contributed by atoms with E-state index in [2.05, 4.69) is 84.9 Å². The quantitative estimate of drug-likeness (QED) is 0.331. The Morgan fingerprint density at radius 3 is 1.08 bits per heavy atom. The molecule has 0 radical (unpaired) electrons. The van der Waals surface area contributed by atoms with E-state index in [9.17, 15) is 0 Å². The largest absolute Gasteiger partial charge is 0.0619 e.